The van der Waals surface area contributed by atoms with E-state index in [1.165, 1.54) is 12.1 Å². The van der Waals surface area contributed by atoms with Gasteiger partial charge in [0.25, 0.3) is 0 Å². The summed E-state index contributed by atoms with van der Waals surface area (Å²) in [5, 5.41) is 8.94. The van der Waals surface area contributed by atoms with Crippen LogP contribution in [0.3, 0.4) is 0 Å². The zero-order valence-corrected chi connectivity index (χ0v) is 10.3. The number of halogens is 2. The molecule has 1 heterocycles. The summed E-state index contributed by atoms with van der Waals surface area (Å²) in [6.07, 6.45) is 1.68. The summed E-state index contributed by atoms with van der Waals surface area (Å²) < 4.78 is 15.0. The first-order valence-corrected chi connectivity index (χ1v) is 5.69. The highest BCUT2D eigenvalue weighted by Crippen LogP contribution is 2.18. The van der Waals surface area contributed by atoms with Crippen molar-refractivity contribution < 1.29 is 14.3 Å². The molecule has 1 aromatic carbocycles. The molecule has 0 unspecified atom stereocenters. The predicted octanol–water partition coefficient (Wildman–Crippen LogP) is 3.14. The lowest BCUT2D eigenvalue weighted by Crippen LogP contribution is -2.08. The number of aromatic carboxylic acids is 1. The van der Waals surface area contributed by atoms with E-state index in [4.69, 9.17) is 5.11 Å². The number of aromatic nitrogens is 1. The minimum Gasteiger partial charge on any atom is -0.477 e. The Morgan fingerprint density at radius 3 is 2.82 bits per heavy atom. The van der Waals surface area contributed by atoms with E-state index in [-0.39, 0.29) is 11.5 Å². The van der Waals surface area contributed by atoms with Crippen molar-refractivity contribution in [1.82, 2.24) is 4.57 Å². The maximum absolute atomic E-state index is 13.0. The molecule has 0 saturated carbocycles. The van der Waals surface area contributed by atoms with Gasteiger partial charge in [0.1, 0.15) is 11.5 Å². The van der Waals surface area contributed by atoms with Crippen LogP contribution < -0.4 is 0 Å². The highest BCUT2D eigenvalue weighted by molar-refractivity contribution is 9.10. The molecule has 2 aromatic rings. The number of hydrogen-bond acceptors (Lipinski definition) is 1. The Balaban J connectivity index is 2.28. The third-order valence-corrected chi connectivity index (χ3v) is 2.99. The lowest BCUT2D eigenvalue weighted by Gasteiger charge is -2.07. The number of carbonyl (C=O) groups is 1. The van der Waals surface area contributed by atoms with Crippen LogP contribution in [0, 0.1) is 5.82 Å². The van der Waals surface area contributed by atoms with E-state index in [0.717, 1.165) is 5.56 Å². The minimum absolute atomic E-state index is 0.213. The summed E-state index contributed by atoms with van der Waals surface area (Å²) in [5.41, 5.74) is 1.04. The second-order valence-electron chi connectivity index (χ2n) is 3.57. The first-order valence-electron chi connectivity index (χ1n) is 4.90. The number of carboxylic acids is 1. The van der Waals surface area contributed by atoms with Crippen molar-refractivity contribution in [1.29, 1.82) is 0 Å². The van der Waals surface area contributed by atoms with Gasteiger partial charge >= 0.3 is 5.97 Å². The fraction of sp³-hybridized carbons (Fsp3) is 0.0833. The highest BCUT2D eigenvalue weighted by atomic mass is 79.9. The monoisotopic (exact) mass is 297 g/mol. The van der Waals surface area contributed by atoms with Crippen LogP contribution in [-0.2, 0) is 6.54 Å². The van der Waals surface area contributed by atoms with Crippen molar-refractivity contribution >= 4 is 21.9 Å². The first kappa shape index (κ1) is 11.9. The van der Waals surface area contributed by atoms with Gasteiger partial charge in [0.15, 0.2) is 0 Å². The third kappa shape index (κ3) is 2.55. The topological polar surface area (TPSA) is 42.2 Å². The van der Waals surface area contributed by atoms with Gasteiger partial charge in [-0.15, -0.1) is 0 Å². The van der Waals surface area contributed by atoms with Gasteiger partial charge in [-0.2, -0.15) is 0 Å². The molecule has 0 spiro atoms. The molecule has 0 saturated heterocycles. The molecule has 0 aliphatic rings. The van der Waals surface area contributed by atoms with E-state index in [2.05, 4.69) is 15.9 Å². The molecule has 1 aromatic heterocycles. The van der Waals surface area contributed by atoms with Gasteiger partial charge in [0, 0.05) is 12.7 Å². The molecule has 1 N–H and O–H groups in total. The largest absolute Gasteiger partial charge is 0.477 e. The molecule has 0 bridgehead atoms. The summed E-state index contributed by atoms with van der Waals surface area (Å²) in [4.78, 5) is 10.9. The number of rotatable bonds is 3. The zero-order chi connectivity index (χ0) is 12.4. The van der Waals surface area contributed by atoms with Crippen molar-refractivity contribution in [2.75, 3.05) is 0 Å². The summed E-state index contributed by atoms with van der Waals surface area (Å²) in [7, 11) is 0. The molecular formula is C12H9BrFNO2. The fourth-order valence-electron chi connectivity index (χ4n) is 1.58. The molecule has 0 aliphatic carbocycles. The lowest BCUT2D eigenvalue weighted by molar-refractivity contribution is 0.0685. The van der Waals surface area contributed by atoms with Crippen molar-refractivity contribution in [3.63, 3.8) is 0 Å². The van der Waals surface area contributed by atoms with E-state index in [1.807, 2.05) is 0 Å². The van der Waals surface area contributed by atoms with Crippen LogP contribution in [-0.4, -0.2) is 15.6 Å². The number of hydrogen-bond donors (Lipinski definition) is 1. The number of benzene rings is 1. The van der Waals surface area contributed by atoms with E-state index in [9.17, 15) is 9.18 Å². The molecule has 3 nitrogen and oxygen atoms in total. The Hall–Kier alpha value is -1.62. The van der Waals surface area contributed by atoms with Crippen molar-refractivity contribution in [3.8, 4) is 0 Å². The first-order chi connectivity index (χ1) is 8.08. The van der Waals surface area contributed by atoms with E-state index in [0.29, 0.717) is 11.0 Å². The van der Waals surface area contributed by atoms with E-state index >= 15 is 0 Å². The van der Waals surface area contributed by atoms with Crippen molar-refractivity contribution in [2.45, 2.75) is 6.54 Å². The molecule has 0 aliphatic heterocycles. The molecule has 0 radical (unpaired) electrons. The van der Waals surface area contributed by atoms with Gasteiger partial charge in [-0.05, 0) is 45.8 Å². The van der Waals surface area contributed by atoms with Gasteiger partial charge in [-0.25, -0.2) is 9.18 Å². The van der Waals surface area contributed by atoms with Crippen molar-refractivity contribution in [2.24, 2.45) is 0 Å². The highest BCUT2D eigenvalue weighted by Gasteiger charge is 2.09. The maximum atomic E-state index is 13.0. The van der Waals surface area contributed by atoms with Crippen LogP contribution in [0.4, 0.5) is 4.39 Å². The Bertz CT molecular complexity index is 565. The van der Waals surface area contributed by atoms with Gasteiger partial charge < -0.3 is 9.67 Å². The van der Waals surface area contributed by atoms with Crippen molar-refractivity contribution in [3.05, 3.63) is 58.1 Å². The van der Waals surface area contributed by atoms with Crippen LogP contribution >= 0.6 is 15.9 Å². The van der Waals surface area contributed by atoms with E-state index < -0.39 is 5.97 Å². The van der Waals surface area contributed by atoms with Crippen LogP contribution in [0.5, 0.6) is 0 Å². The molecule has 0 atom stereocenters. The Kier molecular flexibility index (Phi) is 3.28. The smallest absolute Gasteiger partial charge is 0.352 e. The predicted molar refractivity (Wildman–Crippen MR) is 64.6 cm³/mol. The average Bonchev–Trinajstić information content (AvgIpc) is 2.72. The number of carboxylic acid groups (broad SMARTS) is 1. The van der Waals surface area contributed by atoms with Crippen LogP contribution in [0.25, 0.3) is 0 Å². The molecule has 5 heteroatoms. The molecule has 2 rings (SSSR count). The fourth-order valence-corrected chi connectivity index (χ4v) is 2.01. The van der Waals surface area contributed by atoms with Crippen LogP contribution in [0.15, 0.2) is 41.0 Å². The standard InChI is InChI=1S/C12H9BrFNO2/c13-9-6-8(3-4-10(9)14)7-15-5-1-2-11(15)12(16)17/h1-6H,7H2,(H,16,17). The normalized spacial score (nSPS) is 10.5. The molecule has 0 amide bonds. The van der Waals surface area contributed by atoms with Gasteiger partial charge in [0.2, 0.25) is 0 Å². The summed E-state index contributed by atoms with van der Waals surface area (Å²) >= 11 is 3.10. The Labute approximate surface area is 106 Å². The maximum Gasteiger partial charge on any atom is 0.352 e. The van der Waals surface area contributed by atoms with Gasteiger partial charge in [0.05, 0.1) is 4.47 Å². The van der Waals surface area contributed by atoms with Gasteiger partial charge in [-0.3, -0.25) is 0 Å². The van der Waals surface area contributed by atoms with Crippen LogP contribution in [0.1, 0.15) is 16.1 Å². The molecule has 17 heavy (non-hydrogen) atoms. The molecular weight excluding hydrogens is 289 g/mol. The summed E-state index contributed by atoms with van der Waals surface area (Å²) in [5.74, 6) is -1.31. The Morgan fingerprint density at radius 1 is 1.41 bits per heavy atom. The zero-order valence-electron chi connectivity index (χ0n) is 8.73. The summed E-state index contributed by atoms with van der Waals surface area (Å²) in [6.45, 7) is 0.396. The SMILES string of the molecule is O=C(O)c1cccn1Cc1ccc(F)c(Br)c1. The second kappa shape index (κ2) is 4.71. The average molecular weight is 298 g/mol. The van der Waals surface area contributed by atoms with Crippen LogP contribution in [0.2, 0.25) is 0 Å². The van der Waals surface area contributed by atoms with Gasteiger partial charge in [-0.1, -0.05) is 6.07 Å². The molecule has 0 fully saturated rings. The second-order valence-corrected chi connectivity index (χ2v) is 4.43. The summed E-state index contributed by atoms with van der Waals surface area (Å²) in [6, 6.07) is 7.82. The molecule has 88 valence electrons. The number of nitrogens with zero attached hydrogens (tertiary/aromatic N) is 1. The quantitative estimate of drug-likeness (QED) is 0.946. The Morgan fingerprint density at radius 2 is 2.18 bits per heavy atom. The minimum atomic E-state index is -0.976. The van der Waals surface area contributed by atoms with E-state index in [1.54, 1.807) is 29.0 Å². The third-order valence-electron chi connectivity index (χ3n) is 2.39. The lowest BCUT2D eigenvalue weighted by atomic mass is 10.2.